The van der Waals surface area contributed by atoms with Crippen LogP contribution in [0.2, 0.25) is 9.36 Å². The van der Waals surface area contributed by atoms with E-state index in [1.165, 1.54) is 44.7 Å². The second-order valence-electron chi connectivity index (χ2n) is 8.47. The van der Waals surface area contributed by atoms with Gasteiger partial charge in [0.1, 0.15) is 10.9 Å². The molecule has 1 aliphatic rings. The highest BCUT2D eigenvalue weighted by molar-refractivity contribution is 7.17. The van der Waals surface area contributed by atoms with Crippen LogP contribution in [-0.2, 0) is 46.3 Å². The molecule has 0 saturated carbocycles. The summed E-state index contributed by atoms with van der Waals surface area (Å²) in [5.74, 6) is -2.20. The molecule has 0 unspecified atom stereocenters. The van der Waals surface area contributed by atoms with Gasteiger partial charge in [-0.05, 0) is 37.3 Å². The van der Waals surface area contributed by atoms with Crippen molar-refractivity contribution in [2.75, 3.05) is 39.4 Å². The maximum atomic E-state index is 14.1. The number of carbonyl (C=O) groups is 4. The molecule has 0 fully saturated rings. The number of hydrogen-bond acceptors (Lipinski definition) is 10. The lowest BCUT2D eigenvalue weighted by Gasteiger charge is -2.27. The van der Waals surface area contributed by atoms with Crippen molar-refractivity contribution in [2.24, 2.45) is 0 Å². The molecule has 0 bridgehead atoms. The van der Waals surface area contributed by atoms with Crippen LogP contribution in [-0.4, -0.2) is 63.3 Å². The summed E-state index contributed by atoms with van der Waals surface area (Å²) in [6.45, 7) is 0.191. The van der Waals surface area contributed by atoms with Gasteiger partial charge in [0, 0.05) is 35.5 Å². The van der Waals surface area contributed by atoms with Crippen LogP contribution in [0.1, 0.15) is 46.5 Å². The van der Waals surface area contributed by atoms with Gasteiger partial charge >= 0.3 is 17.9 Å². The fraction of sp³-hybridized carbons (Fsp3) is 0.423. The van der Waals surface area contributed by atoms with Crippen LogP contribution < -0.4 is 4.90 Å². The standard InChI is InChI=1S/C26H28Cl2N2O8S/c1-35-8-9-38-26(34)18-7-5-4-6-17(18)24(32)30(14-15-10-16(13-29-12-15)25(33)37-3)22-21(27)19(39-23(22)28)11-20(31)36-2/h10,12-13H,4-9,11,14H2,1-3H3. The van der Waals surface area contributed by atoms with Gasteiger partial charge in [-0.1, -0.05) is 23.2 Å². The van der Waals surface area contributed by atoms with Crippen LogP contribution in [0, 0.1) is 0 Å². The molecule has 2 aromatic rings. The number of halogens is 2. The monoisotopic (exact) mass is 598 g/mol. The second kappa shape index (κ2) is 14.4. The molecule has 1 aliphatic carbocycles. The maximum Gasteiger partial charge on any atom is 0.339 e. The minimum Gasteiger partial charge on any atom is -0.469 e. The average Bonchev–Trinajstić information content (AvgIpc) is 3.22. The molecule has 0 radical (unpaired) electrons. The number of hydrogen-bond donors (Lipinski definition) is 0. The molecule has 0 spiro atoms. The van der Waals surface area contributed by atoms with Crippen molar-refractivity contribution >= 4 is 64.0 Å². The number of thiophene rings is 1. The van der Waals surface area contributed by atoms with E-state index in [9.17, 15) is 19.2 Å². The number of rotatable bonds is 11. The Morgan fingerprint density at radius 2 is 1.69 bits per heavy atom. The summed E-state index contributed by atoms with van der Waals surface area (Å²) in [7, 11) is 4.00. The topological polar surface area (TPSA) is 121 Å². The molecule has 210 valence electrons. The molecule has 2 heterocycles. The summed E-state index contributed by atoms with van der Waals surface area (Å²) in [4.78, 5) is 56.9. The quantitative estimate of drug-likeness (QED) is 0.208. The van der Waals surface area contributed by atoms with Gasteiger partial charge in [0.05, 0.1) is 50.1 Å². The van der Waals surface area contributed by atoms with Gasteiger partial charge in [0.2, 0.25) is 0 Å². The number of amides is 1. The summed E-state index contributed by atoms with van der Waals surface area (Å²) >= 11 is 14.3. The van der Waals surface area contributed by atoms with Gasteiger partial charge < -0.3 is 23.8 Å². The van der Waals surface area contributed by atoms with E-state index in [4.69, 9.17) is 42.1 Å². The number of aromatic nitrogens is 1. The Balaban J connectivity index is 2.09. The molecule has 0 aliphatic heterocycles. The Kier molecular flexibility index (Phi) is 11.3. The van der Waals surface area contributed by atoms with Gasteiger partial charge in [-0.3, -0.25) is 14.6 Å². The summed E-state index contributed by atoms with van der Waals surface area (Å²) in [5, 5.41) is 0.112. The number of anilines is 1. The Labute approximate surface area is 239 Å². The van der Waals surface area contributed by atoms with Gasteiger partial charge in [0.15, 0.2) is 0 Å². The lowest BCUT2D eigenvalue weighted by atomic mass is 9.90. The van der Waals surface area contributed by atoms with E-state index in [0.29, 0.717) is 29.7 Å². The third-order valence-corrected chi connectivity index (χ3v) is 7.85. The van der Waals surface area contributed by atoms with Crippen LogP contribution in [0.25, 0.3) is 0 Å². The largest absolute Gasteiger partial charge is 0.469 e. The van der Waals surface area contributed by atoms with Crippen LogP contribution in [0.3, 0.4) is 0 Å². The molecule has 0 aromatic carbocycles. The van der Waals surface area contributed by atoms with Crippen molar-refractivity contribution < 1.29 is 38.1 Å². The number of ether oxygens (including phenoxy) is 4. The van der Waals surface area contributed by atoms with E-state index in [-0.39, 0.29) is 57.9 Å². The fourth-order valence-electron chi connectivity index (χ4n) is 4.03. The molecule has 13 heteroatoms. The first-order valence-corrected chi connectivity index (χ1v) is 13.5. The average molecular weight is 599 g/mol. The Morgan fingerprint density at radius 3 is 2.36 bits per heavy atom. The minimum absolute atomic E-state index is 0.0507. The number of carbonyl (C=O) groups excluding carboxylic acids is 4. The highest BCUT2D eigenvalue weighted by Gasteiger charge is 2.33. The predicted octanol–water partition coefficient (Wildman–Crippen LogP) is 4.55. The van der Waals surface area contributed by atoms with E-state index < -0.39 is 23.8 Å². The van der Waals surface area contributed by atoms with Gasteiger partial charge in [-0.15, -0.1) is 11.3 Å². The lowest BCUT2D eigenvalue weighted by Crippen LogP contribution is -2.34. The number of esters is 3. The summed E-state index contributed by atoms with van der Waals surface area (Å²) in [6, 6.07) is 1.54. The predicted molar refractivity (Wildman–Crippen MR) is 145 cm³/mol. The number of nitrogens with zero attached hydrogens (tertiary/aromatic N) is 2. The third-order valence-electron chi connectivity index (χ3n) is 5.95. The molecule has 0 saturated heterocycles. The number of pyridine rings is 1. The van der Waals surface area contributed by atoms with Crippen molar-refractivity contribution in [3.05, 3.63) is 55.0 Å². The van der Waals surface area contributed by atoms with Crippen molar-refractivity contribution in [3.63, 3.8) is 0 Å². The van der Waals surface area contributed by atoms with Gasteiger partial charge in [-0.2, -0.15) is 0 Å². The third kappa shape index (κ3) is 7.57. The van der Waals surface area contributed by atoms with Crippen molar-refractivity contribution in [3.8, 4) is 0 Å². The lowest BCUT2D eigenvalue weighted by molar-refractivity contribution is -0.141. The minimum atomic E-state index is -0.592. The maximum absolute atomic E-state index is 14.1. The Hall–Kier alpha value is -2.99. The molecule has 2 aromatic heterocycles. The van der Waals surface area contributed by atoms with Crippen LogP contribution in [0.5, 0.6) is 0 Å². The van der Waals surface area contributed by atoms with E-state index >= 15 is 0 Å². The highest BCUT2D eigenvalue weighted by atomic mass is 35.5. The summed E-state index contributed by atoms with van der Waals surface area (Å²) in [5.41, 5.74) is 1.43. The Bertz CT molecular complexity index is 1280. The molecule has 0 atom stereocenters. The molecule has 3 rings (SSSR count). The van der Waals surface area contributed by atoms with E-state index in [0.717, 1.165) is 17.8 Å². The zero-order valence-electron chi connectivity index (χ0n) is 21.7. The van der Waals surface area contributed by atoms with Crippen molar-refractivity contribution in [1.82, 2.24) is 4.98 Å². The first-order valence-electron chi connectivity index (χ1n) is 12.0. The molecule has 0 N–H and O–H groups in total. The molecular weight excluding hydrogens is 571 g/mol. The smallest absolute Gasteiger partial charge is 0.339 e. The molecule has 10 nitrogen and oxygen atoms in total. The van der Waals surface area contributed by atoms with E-state index in [1.807, 2.05) is 0 Å². The van der Waals surface area contributed by atoms with Gasteiger partial charge in [0.25, 0.3) is 5.91 Å². The number of methoxy groups -OCH3 is 3. The molecule has 39 heavy (non-hydrogen) atoms. The molecule has 1 amide bonds. The molecular formula is C26H28Cl2N2O8S. The van der Waals surface area contributed by atoms with Crippen molar-refractivity contribution in [1.29, 1.82) is 0 Å². The Morgan fingerprint density at radius 1 is 0.974 bits per heavy atom. The highest BCUT2D eigenvalue weighted by Crippen LogP contribution is 2.45. The second-order valence-corrected chi connectivity index (χ2v) is 10.6. The normalized spacial score (nSPS) is 13.2. The van der Waals surface area contributed by atoms with Gasteiger partial charge in [-0.25, -0.2) is 9.59 Å². The van der Waals surface area contributed by atoms with E-state index in [2.05, 4.69) is 4.98 Å². The van der Waals surface area contributed by atoms with Crippen LogP contribution in [0.4, 0.5) is 5.69 Å². The first kappa shape index (κ1) is 30.6. The summed E-state index contributed by atoms with van der Waals surface area (Å²) < 4.78 is 20.0. The zero-order chi connectivity index (χ0) is 28.5. The van der Waals surface area contributed by atoms with Crippen molar-refractivity contribution in [2.45, 2.75) is 38.6 Å². The van der Waals surface area contributed by atoms with Crippen LogP contribution in [0.15, 0.2) is 29.6 Å². The first-order chi connectivity index (χ1) is 18.7. The zero-order valence-corrected chi connectivity index (χ0v) is 24.0. The van der Waals surface area contributed by atoms with E-state index in [1.54, 1.807) is 0 Å². The van der Waals surface area contributed by atoms with Crippen LogP contribution >= 0.6 is 34.5 Å². The SMILES string of the molecule is COCCOC(=O)C1=C(C(=O)N(Cc2cncc(C(=O)OC)c2)c2c(Cl)sc(CC(=O)OC)c2Cl)CCCC1. The fourth-order valence-corrected chi connectivity index (χ4v) is 5.89. The summed E-state index contributed by atoms with van der Waals surface area (Å²) in [6.07, 6.45) is 4.84.